The third kappa shape index (κ3) is 3.71. The lowest BCUT2D eigenvalue weighted by molar-refractivity contribution is 0.475. The number of fused-ring (bicyclic) bond motifs is 2. The summed E-state index contributed by atoms with van der Waals surface area (Å²) in [6.45, 7) is 4.36. The van der Waals surface area contributed by atoms with Crippen LogP contribution in [0.1, 0.15) is 50.7 Å². The summed E-state index contributed by atoms with van der Waals surface area (Å²) in [5, 5.41) is 12.9. The summed E-state index contributed by atoms with van der Waals surface area (Å²) in [4.78, 5) is 0. The van der Waals surface area contributed by atoms with Crippen LogP contribution in [-0.2, 0) is 12.8 Å². The Hall–Kier alpha value is -2.28. The predicted octanol–water partition coefficient (Wildman–Crippen LogP) is 6.90. The van der Waals surface area contributed by atoms with Crippen LogP contribution >= 0.6 is 0 Å². The highest BCUT2D eigenvalue weighted by atomic mass is 16.3. The number of rotatable bonds is 2. The molecule has 0 fully saturated rings. The van der Waals surface area contributed by atoms with Gasteiger partial charge in [0.05, 0.1) is 0 Å². The third-order valence-electron chi connectivity index (χ3n) is 5.07. The van der Waals surface area contributed by atoms with Crippen molar-refractivity contribution in [2.75, 3.05) is 0 Å². The Balaban J connectivity index is 0.000000415. The maximum atomic E-state index is 10.5. The van der Waals surface area contributed by atoms with Crippen molar-refractivity contribution in [3.8, 4) is 16.9 Å². The van der Waals surface area contributed by atoms with E-state index in [2.05, 4.69) is 62.4 Å². The second kappa shape index (κ2) is 8.20. The van der Waals surface area contributed by atoms with E-state index in [0.717, 1.165) is 24.0 Å². The number of phenols is 1. The lowest BCUT2D eigenvalue weighted by Gasteiger charge is -2.21. The summed E-state index contributed by atoms with van der Waals surface area (Å²) in [7, 11) is 0. The molecule has 0 atom stereocenters. The number of phenolic OH excluding ortho intramolecular Hbond substituents is 1. The van der Waals surface area contributed by atoms with Crippen molar-refractivity contribution >= 4 is 10.8 Å². The van der Waals surface area contributed by atoms with Crippen LogP contribution in [-0.4, -0.2) is 5.11 Å². The van der Waals surface area contributed by atoms with E-state index in [1.165, 1.54) is 47.6 Å². The van der Waals surface area contributed by atoms with E-state index in [1.807, 2.05) is 6.07 Å². The van der Waals surface area contributed by atoms with Crippen LogP contribution in [0.5, 0.6) is 5.75 Å². The van der Waals surface area contributed by atoms with Gasteiger partial charge >= 0.3 is 0 Å². The normalized spacial score (nSPS) is 13.0. The van der Waals surface area contributed by atoms with E-state index in [4.69, 9.17) is 0 Å². The van der Waals surface area contributed by atoms with Crippen molar-refractivity contribution < 1.29 is 5.11 Å². The van der Waals surface area contributed by atoms with E-state index in [0.29, 0.717) is 5.75 Å². The van der Waals surface area contributed by atoms with Crippen LogP contribution in [0.3, 0.4) is 0 Å². The topological polar surface area (TPSA) is 20.2 Å². The Kier molecular flexibility index (Phi) is 5.75. The van der Waals surface area contributed by atoms with Gasteiger partial charge < -0.3 is 5.11 Å². The highest BCUT2D eigenvalue weighted by molar-refractivity contribution is 5.99. The summed E-state index contributed by atoms with van der Waals surface area (Å²) >= 11 is 0. The van der Waals surface area contributed by atoms with Gasteiger partial charge in [-0.05, 0) is 59.2 Å². The Bertz CT molecular complexity index is 841. The van der Waals surface area contributed by atoms with E-state index < -0.39 is 0 Å². The first-order chi connectivity index (χ1) is 12.3. The minimum Gasteiger partial charge on any atom is -0.507 e. The molecule has 0 aromatic heterocycles. The first-order valence-corrected chi connectivity index (χ1v) is 9.58. The molecule has 1 nitrogen and oxygen atoms in total. The van der Waals surface area contributed by atoms with E-state index in [9.17, 15) is 5.11 Å². The fourth-order valence-corrected chi connectivity index (χ4v) is 3.56. The molecule has 1 aliphatic carbocycles. The van der Waals surface area contributed by atoms with Gasteiger partial charge in [0.15, 0.2) is 0 Å². The predicted molar refractivity (Wildman–Crippen MR) is 108 cm³/mol. The van der Waals surface area contributed by atoms with Gasteiger partial charge in [-0.3, -0.25) is 0 Å². The van der Waals surface area contributed by atoms with Crippen molar-refractivity contribution in [2.45, 2.75) is 52.4 Å². The summed E-state index contributed by atoms with van der Waals surface area (Å²) in [6.07, 6.45) is 7.32. The van der Waals surface area contributed by atoms with Gasteiger partial charge in [-0.2, -0.15) is 0 Å². The highest BCUT2D eigenvalue weighted by Gasteiger charge is 2.18. The van der Waals surface area contributed by atoms with Crippen LogP contribution in [0.4, 0.5) is 0 Å². The summed E-state index contributed by atoms with van der Waals surface area (Å²) in [5.41, 5.74) is 4.95. The van der Waals surface area contributed by atoms with Crippen molar-refractivity contribution in [1.82, 2.24) is 0 Å². The molecular formula is C24H28O. The number of hydrogen-bond acceptors (Lipinski definition) is 1. The van der Waals surface area contributed by atoms with Crippen molar-refractivity contribution in [3.05, 3.63) is 65.7 Å². The molecule has 1 heteroatoms. The molecule has 25 heavy (non-hydrogen) atoms. The zero-order valence-electron chi connectivity index (χ0n) is 15.4. The van der Waals surface area contributed by atoms with Crippen molar-refractivity contribution in [1.29, 1.82) is 0 Å². The van der Waals surface area contributed by atoms with Crippen molar-refractivity contribution in [3.63, 3.8) is 0 Å². The minimum atomic E-state index is 0.409. The quantitative estimate of drug-likeness (QED) is 0.541. The third-order valence-corrected chi connectivity index (χ3v) is 5.07. The molecule has 0 saturated carbocycles. The Morgan fingerprint density at radius 2 is 1.52 bits per heavy atom. The zero-order valence-corrected chi connectivity index (χ0v) is 15.4. The molecule has 0 saturated heterocycles. The molecule has 0 unspecified atom stereocenters. The fourth-order valence-electron chi connectivity index (χ4n) is 3.56. The first-order valence-electron chi connectivity index (χ1n) is 9.58. The molecule has 4 rings (SSSR count). The molecule has 0 bridgehead atoms. The van der Waals surface area contributed by atoms with Gasteiger partial charge in [-0.1, -0.05) is 75.2 Å². The number of aryl methyl sites for hydroxylation is 1. The summed E-state index contributed by atoms with van der Waals surface area (Å²) in [6, 6.07) is 18.7. The summed E-state index contributed by atoms with van der Waals surface area (Å²) < 4.78 is 0. The maximum absolute atomic E-state index is 10.5. The molecule has 0 radical (unpaired) electrons. The standard InChI is InChI=1S/C20H18O.C4H10/c21-19-13-12-15-7-2-4-10-17(15)20(19)18-11-5-8-14-6-1-3-9-16(14)18;1-3-4-2/h1,3,5-6,8-9,11-13,21H,2,4,7,10H2;3-4H2,1-2H3. The fraction of sp³-hybridized carbons (Fsp3) is 0.333. The van der Waals surface area contributed by atoms with Gasteiger partial charge in [0.25, 0.3) is 0 Å². The molecule has 130 valence electrons. The zero-order chi connectivity index (χ0) is 17.6. The largest absolute Gasteiger partial charge is 0.507 e. The molecule has 0 heterocycles. The average molecular weight is 332 g/mol. The Labute approximate surface area is 151 Å². The number of aromatic hydroxyl groups is 1. The summed E-state index contributed by atoms with van der Waals surface area (Å²) in [5.74, 6) is 0.409. The van der Waals surface area contributed by atoms with Gasteiger partial charge in [-0.25, -0.2) is 0 Å². The molecule has 1 aliphatic rings. The van der Waals surface area contributed by atoms with Gasteiger partial charge in [-0.15, -0.1) is 0 Å². The molecule has 1 N–H and O–H groups in total. The van der Waals surface area contributed by atoms with Crippen LogP contribution in [0, 0.1) is 0 Å². The molecular weight excluding hydrogens is 304 g/mol. The lowest BCUT2D eigenvalue weighted by atomic mass is 9.84. The Morgan fingerprint density at radius 1 is 0.800 bits per heavy atom. The number of hydrogen-bond donors (Lipinski definition) is 1. The number of benzene rings is 3. The number of unbranched alkanes of at least 4 members (excludes halogenated alkanes) is 1. The highest BCUT2D eigenvalue weighted by Crippen LogP contribution is 2.40. The second-order valence-corrected chi connectivity index (χ2v) is 6.83. The van der Waals surface area contributed by atoms with E-state index >= 15 is 0 Å². The smallest absolute Gasteiger partial charge is 0.123 e. The van der Waals surface area contributed by atoms with Gasteiger partial charge in [0.1, 0.15) is 5.75 Å². The lowest BCUT2D eigenvalue weighted by Crippen LogP contribution is -2.04. The average Bonchev–Trinajstić information content (AvgIpc) is 2.68. The van der Waals surface area contributed by atoms with Crippen LogP contribution in [0.25, 0.3) is 21.9 Å². The maximum Gasteiger partial charge on any atom is 0.123 e. The van der Waals surface area contributed by atoms with E-state index in [1.54, 1.807) is 0 Å². The molecule has 0 spiro atoms. The molecule has 0 amide bonds. The molecule has 3 aromatic carbocycles. The molecule has 0 aliphatic heterocycles. The SMILES string of the molecule is CCCC.Oc1ccc2c(c1-c1cccc3ccccc13)CCCC2. The van der Waals surface area contributed by atoms with Crippen LogP contribution in [0.2, 0.25) is 0 Å². The minimum absolute atomic E-state index is 0.409. The first kappa shape index (κ1) is 17.5. The van der Waals surface area contributed by atoms with Gasteiger partial charge in [0, 0.05) is 5.56 Å². The van der Waals surface area contributed by atoms with Crippen molar-refractivity contribution in [2.24, 2.45) is 0 Å². The Morgan fingerprint density at radius 3 is 2.32 bits per heavy atom. The molecule has 3 aromatic rings. The van der Waals surface area contributed by atoms with Crippen LogP contribution in [0.15, 0.2) is 54.6 Å². The van der Waals surface area contributed by atoms with Gasteiger partial charge in [0.2, 0.25) is 0 Å². The second-order valence-electron chi connectivity index (χ2n) is 6.83. The monoisotopic (exact) mass is 332 g/mol. The van der Waals surface area contributed by atoms with E-state index in [-0.39, 0.29) is 0 Å². The van der Waals surface area contributed by atoms with Crippen LogP contribution < -0.4 is 0 Å².